The highest BCUT2D eigenvalue weighted by Gasteiger charge is 2.22. The number of nitrogens with zero attached hydrogens (tertiary/aromatic N) is 2. The molecule has 0 spiro atoms. The van der Waals surface area contributed by atoms with Gasteiger partial charge in [-0.15, -0.1) is 11.3 Å². The van der Waals surface area contributed by atoms with Crippen molar-refractivity contribution in [1.82, 2.24) is 9.55 Å². The lowest BCUT2D eigenvalue weighted by Crippen LogP contribution is -2.18. The van der Waals surface area contributed by atoms with Crippen molar-refractivity contribution in [2.45, 2.75) is 52.1 Å². The molecule has 0 aromatic carbocycles. The smallest absolute Gasteiger partial charge is 0.113 e. The molecule has 1 aliphatic rings. The molecule has 3 nitrogen and oxygen atoms in total. The fourth-order valence-electron chi connectivity index (χ4n) is 2.94. The molecule has 1 atom stereocenters. The van der Waals surface area contributed by atoms with Crippen LogP contribution in [0.2, 0.25) is 0 Å². The van der Waals surface area contributed by atoms with Crippen LogP contribution in [0.15, 0.2) is 12.3 Å². The molecule has 1 aliphatic carbocycles. The van der Waals surface area contributed by atoms with Crippen LogP contribution in [0.5, 0.6) is 0 Å². The van der Waals surface area contributed by atoms with Crippen LogP contribution in [0.3, 0.4) is 0 Å². The third kappa shape index (κ3) is 2.35. The number of hydrogen-bond donors (Lipinski definition) is 1. The van der Waals surface area contributed by atoms with Gasteiger partial charge in [-0.05, 0) is 44.2 Å². The van der Waals surface area contributed by atoms with Crippen LogP contribution in [-0.4, -0.2) is 9.55 Å². The van der Waals surface area contributed by atoms with Crippen LogP contribution < -0.4 is 5.73 Å². The highest BCUT2D eigenvalue weighted by Crippen LogP contribution is 2.31. The normalized spacial score (nSPS) is 18.6. The van der Waals surface area contributed by atoms with Crippen molar-refractivity contribution in [2.24, 2.45) is 5.73 Å². The van der Waals surface area contributed by atoms with E-state index in [4.69, 9.17) is 5.73 Å². The first-order valence-corrected chi connectivity index (χ1v) is 7.88. The molecule has 0 aliphatic heterocycles. The number of fused-ring (bicyclic) bond motifs is 1. The summed E-state index contributed by atoms with van der Waals surface area (Å²) < 4.78 is 2.41. The van der Waals surface area contributed by atoms with E-state index in [0.717, 1.165) is 25.8 Å². The summed E-state index contributed by atoms with van der Waals surface area (Å²) in [6.07, 6.45) is 6.56. The average molecular weight is 275 g/mol. The van der Waals surface area contributed by atoms with Crippen molar-refractivity contribution in [3.05, 3.63) is 39.1 Å². The van der Waals surface area contributed by atoms with Gasteiger partial charge in [0.1, 0.15) is 5.01 Å². The lowest BCUT2D eigenvalue weighted by Gasteiger charge is -2.20. The maximum atomic E-state index is 6.22. The SMILES string of the molecule is CCc1cnc(Cn2c(C)cc3c2CCCC3N)s1. The second kappa shape index (κ2) is 5.10. The Labute approximate surface area is 118 Å². The summed E-state index contributed by atoms with van der Waals surface area (Å²) in [7, 11) is 0. The number of hydrogen-bond acceptors (Lipinski definition) is 3. The second-order valence-electron chi connectivity index (χ2n) is 5.35. The Morgan fingerprint density at radius 3 is 3.11 bits per heavy atom. The first kappa shape index (κ1) is 12.9. The standard InChI is InChI=1S/C15H21N3S/c1-3-11-8-17-15(19-11)9-18-10(2)7-12-13(16)5-4-6-14(12)18/h7-8,13H,3-6,9,16H2,1-2H3. The zero-order chi connectivity index (χ0) is 13.4. The Kier molecular flexibility index (Phi) is 3.46. The Balaban J connectivity index is 1.92. The van der Waals surface area contributed by atoms with E-state index in [9.17, 15) is 0 Å². The van der Waals surface area contributed by atoms with Gasteiger partial charge in [-0.2, -0.15) is 0 Å². The molecule has 0 saturated heterocycles. The van der Waals surface area contributed by atoms with E-state index in [-0.39, 0.29) is 6.04 Å². The lowest BCUT2D eigenvalue weighted by molar-refractivity contribution is 0.546. The fourth-order valence-corrected chi connectivity index (χ4v) is 3.79. The first-order valence-electron chi connectivity index (χ1n) is 7.07. The molecule has 102 valence electrons. The third-order valence-electron chi connectivity index (χ3n) is 4.02. The van der Waals surface area contributed by atoms with Gasteiger partial charge < -0.3 is 10.3 Å². The van der Waals surface area contributed by atoms with Gasteiger partial charge in [-0.3, -0.25) is 0 Å². The summed E-state index contributed by atoms with van der Waals surface area (Å²) in [5.74, 6) is 0. The predicted molar refractivity (Wildman–Crippen MR) is 79.6 cm³/mol. The van der Waals surface area contributed by atoms with Gasteiger partial charge in [-0.25, -0.2) is 4.98 Å². The number of aromatic nitrogens is 2. The second-order valence-corrected chi connectivity index (χ2v) is 6.55. The van der Waals surface area contributed by atoms with Gasteiger partial charge in [-0.1, -0.05) is 6.92 Å². The Morgan fingerprint density at radius 2 is 2.37 bits per heavy atom. The van der Waals surface area contributed by atoms with E-state index in [0.29, 0.717) is 0 Å². The van der Waals surface area contributed by atoms with Gasteiger partial charge in [0.15, 0.2) is 0 Å². The zero-order valence-electron chi connectivity index (χ0n) is 11.6. The molecule has 2 aromatic heterocycles. The van der Waals surface area contributed by atoms with E-state index in [1.165, 1.54) is 33.3 Å². The number of aryl methyl sites for hydroxylation is 2. The van der Waals surface area contributed by atoms with E-state index >= 15 is 0 Å². The maximum absolute atomic E-state index is 6.22. The molecule has 4 heteroatoms. The summed E-state index contributed by atoms with van der Waals surface area (Å²) in [6.45, 7) is 5.26. The molecule has 2 N–H and O–H groups in total. The van der Waals surface area contributed by atoms with Crippen LogP contribution in [-0.2, 0) is 19.4 Å². The molecule has 0 saturated carbocycles. The molecule has 2 aromatic rings. The molecule has 0 bridgehead atoms. The zero-order valence-corrected chi connectivity index (χ0v) is 12.5. The quantitative estimate of drug-likeness (QED) is 0.935. The van der Waals surface area contributed by atoms with Crippen LogP contribution in [0.4, 0.5) is 0 Å². The van der Waals surface area contributed by atoms with Gasteiger partial charge in [0.25, 0.3) is 0 Å². The summed E-state index contributed by atoms with van der Waals surface area (Å²) in [6, 6.07) is 2.50. The number of thiazole rings is 1. The summed E-state index contributed by atoms with van der Waals surface area (Å²) in [4.78, 5) is 5.90. The van der Waals surface area contributed by atoms with Gasteiger partial charge in [0.2, 0.25) is 0 Å². The molecule has 2 heterocycles. The van der Waals surface area contributed by atoms with Crippen LogP contribution >= 0.6 is 11.3 Å². The van der Waals surface area contributed by atoms with Crippen LogP contribution in [0, 0.1) is 6.92 Å². The van der Waals surface area contributed by atoms with Gasteiger partial charge in [0.05, 0.1) is 6.54 Å². The first-order chi connectivity index (χ1) is 9.19. The largest absolute Gasteiger partial charge is 0.342 e. The van der Waals surface area contributed by atoms with E-state index in [2.05, 4.69) is 29.5 Å². The van der Waals surface area contributed by atoms with Crippen molar-refractivity contribution in [2.75, 3.05) is 0 Å². The fraction of sp³-hybridized carbons (Fsp3) is 0.533. The average Bonchev–Trinajstić information content (AvgIpc) is 2.97. The third-order valence-corrected chi connectivity index (χ3v) is 5.15. The van der Waals surface area contributed by atoms with Crippen molar-refractivity contribution in [3.8, 4) is 0 Å². The van der Waals surface area contributed by atoms with E-state index in [1.54, 1.807) is 0 Å². The van der Waals surface area contributed by atoms with E-state index in [1.807, 2.05) is 17.5 Å². The molecule has 0 amide bonds. The highest BCUT2D eigenvalue weighted by atomic mass is 32.1. The molecule has 0 fully saturated rings. The lowest BCUT2D eigenvalue weighted by atomic mass is 9.93. The Bertz CT molecular complexity index is 582. The minimum atomic E-state index is 0.228. The molecule has 3 rings (SSSR count). The molecule has 1 unspecified atom stereocenters. The minimum absolute atomic E-state index is 0.228. The molecular formula is C15H21N3S. The predicted octanol–water partition coefficient (Wildman–Crippen LogP) is 3.20. The number of nitrogens with two attached hydrogens (primary N) is 1. The summed E-state index contributed by atoms with van der Waals surface area (Å²) >= 11 is 1.83. The Hall–Kier alpha value is -1.13. The topological polar surface area (TPSA) is 43.8 Å². The van der Waals surface area contributed by atoms with Crippen molar-refractivity contribution in [1.29, 1.82) is 0 Å². The van der Waals surface area contributed by atoms with Gasteiger partial charge in [0, 0.05) is 28.5 Å². The monoisotopic (exact) mass is 275 g/mol. The maximum Gasteiger partial charge on any atom is 0.113 e. The molecule has 19 heavy (non-hydrogen) atoms. The molecule has 0 radical (unpaired) electrons. The minimum Gasteiger partial charge on any atom is -0.342 e. The summed E-state index contributed by atoms with van der Waals surface area (Å²) in [5.41, 5.74) is 10.3. The van der Waals surface area contributed by atoms with E-state index < -0.39 is 0 Å². The summed E-state index contributed by atoms with van der Waals surface area (Å²) in [5, 5.41) is 1.21. The van der Waals surface area contributed by atoms with Crippen LogP contribution in [0.1, 0.15) is 52.6 Å². The van der Waals surface area contributed by atoms with Crippen molar-refractivity contribution < 1.29 is 0 Å². The Morgan fingerprint density at radius 1 is 1.53 bits per heavy atom. The highest BCUT2D eigenvalue weighted by molar-refractivity contribution is 7.11. The van der Waals surface area contributed by atoms with Crippen LogP contribution in [0.25, 0.3) is 0 Å². The van der Waals surface area contributed by atoms with Gasteiger partial charge >= 0.3 is 0 Å². The number of rotatable bonds is 3. The van der Waals surface area contributed by atoms with Crippen molar-refractivity contribution in [3.63, 3.8) is 0 Å². The van der Waals surface area contributed by atoms with Crippen molar-refractivity contribution >= 4 is 11.3 Å². The molecular weight excluding hydrogens is 254 g/mol.